The van der Waals surface area contributed by atoms with Gasteiger partial charge in [0.1, 0.15) is 12.2 Å². The molecule has 2 aromatic rings. The highest BCUT2D eigenvalue weighted by molar-refractivity contribution is 5.76. The van der Waals surface area contributed by atoms with Gasteiger partial charge in [0.05, 0.1) is 6.10 Å². The molecule has 2 heterocycles. The van der Waals surface area contributed by atoms with Crippen LogP contribution >= 0.6 is 0 Å². The minimum absolute atomic E-state index is 0.0226. The molecule has 0 bridgehead atoms. The summed E-state index contributed by atoms with van der Waals surface area (Å²) in [4.78, 5) is 13.9. The average Bonchev–Trinajstić information content (AvgIpc) is 3.16. The molecule has 1 aliphatic heterocycles. The Morgan fingerprint density at radius 2 is 2.00 bits per heavy atom. The van der Waals surface area contributed by atoms with Gasteiger partial charge in [0.2, 0.25) is 5.91 Å². The summed E-state index contributed by atoms with van der Waals surface area (Å²) in [5.74, 6) is -0.251. The molecule has 3 rings (SSSR count). The summed E-state index contributed by atoms with van der Waals surface area (Å²) < 4.78 is 26.3. The second-order valence-electron chi connectivity index (χ2n) is 6.05. The number of aliphatic hydroxyl groups excluding tert-OH is 1. The van der Waals surface area contributed by atoms with Crippen LogP contribution in [0, 0.1) is 5.92 Å². The van der Waals surface area contributed by atoms with Crippen molar-refractivity contribution >= 4 is 5.91 Å². The van der Waals surface area contributed by atoms with E-state index in [0.29, 0.717) is 13.0 Å². The fraction of sp³-hybridized carbons (Fsp3) is 0.412. The highest BCUT2D eigenvalue weighted by atomic mass is 19.3. The van der Waals surface area contributed by atoms with Crippen LogP contribution in [0.15, 0.2) is 42.6 Å². The summed E-state index contributed by atoms with van der Waals surface area (Å²) in [6.07, 6.45) is -1.16. The minimum Gasteiger partial charge on any atom is -0.391 e. The van der Waals surface area contributed by atoms with Crippen LogP contribution in [0.3, 0.4) is 0 Å². The average molecular weight is 335 g/mol. The largest absolute Gasteiger partial charge is 0.391 e. The predicted octanol–water partition coefficient (Wildman–Crippen LogP) is 1.88. The van der Waals surface area contributed by atoms with Crippen molar-refractivity contribution in [1.29, 1.82) is 0 Å². The van der Waals surface area contributed by atoms with Crippen LogP contribution in [0.25, 0.3) is 0 Å². The second kappa shape index (κ2) is 7.09. The maximum absolute atomic E-state index is 12.5. The van der Waals surface area contributed by atoms with Gasteiger partial charge in [-0.15, -0.1) is 0 Å². The van der Waals surface area contributed by atoms with Crippen molar-refractivity contribution in [3.63, 3.8) is 0 Å². The van der Waals surface area contributed by atoms with Crippen molar-refractivity contribution in [3.8, 4) is 0 Å². The molecule has 1 amide bonds. The highest BCUT2D eigenvalue weighted by Gasteiger charge is 2.34. The van der Waals surface area contributed by atoms with Gasteiger partial charge in [0.15, 0.2) is 0 Å². The third-order valence-electron chi connectivity index (χ3n) is 4.28. The number of likely N-dealkylation sites (tertiary alicyclic amines) is 1. The fourth-order valence-electron chi connectivity index (χ4n) is 3.00. The molecule has 1 N–H and O–H groups in total. The zero-order valence-electron chi connectivity index (χ0n) is 13.1. The van der Waals surface area contributed by atoms with E-state index in [4.69, 9.17) is 0 Å². The van der Waals surface area contributed by atoms with Gasteiger partial charge in [0, 0.05) is 25.2 Å². The molecule has 0 saturated carbocycles. The monoisotopic (exact) mass is 335 g/mol. The number of hydrogen-bond donors (Lipinski definition) is 1. The number of halogens is 2. The normalized spacial score (nSPS) is 20.8. The van der Waals surface area contributed by atoms with Crippen LogP contribution < -0.4 is 0 Å². The summed E-state index contributed by atoms with van der Waals surface area (Å²) in [6.45, 7) is 0.620. The zero-order chi connectivity index (χ0) is 17.1. The van der Waals surface area contributed by atoms with Crippen molar-refractivity contribution in [2.24, 2.45) is 5.92 Å². The van der Waals surface area contributed by atoms with Crippen LogP contribution in [-0.4, -0.2) is 44.9 Å². The SMILES string of the molecule is O=C(Cn1ccc(C(F)F)n1)N1C[C@@H](Cc2ccccc2)[C@H](O)C1. The van der Waals surface area contributed by atoms with Gasteiger partial charge in [-0.2, -0.15) is 5.10 Å². The number of hydrogen-bond acceptors (Lipinski definition) is 3. The van der Waals surface area contributed by atoms with Crippen molar-refractivity contribution in [1.82, 2.24) is 14.7 Å². The molecule has 0 radical (unpaired) electrons. The Labute approximate surface area is 138 Å². The number of rotatable bonds is 5. The van der Waals surface area contributed by atoms with E-state index in [2.05, 4.69) is 5.10 Å². The summed E-state index contributed by atoms with van der Waals surface area (Å²) in [7, 11) is 0. The fourth-order valence-corrected chi connectivity index (χ4v) is 3.00. The van der Waals surface area contributed by atoms with E-state index in [1.807, 2.05) is 30.3 Å². The maximum Gasteiger partial charge on any atom is 0.282 e. The molecular formula is C17H19F2N3O2. The molecule has 1 aliphatic rings. The van der Waals surface area contributed by atoms with E-state index < -0.39 is 12.5 Å². The quantitative estimate of drug-likeness (QED) is 0.908. The first-order valence-corrected chi connectivity index (χ1v) is 7.84. The molecule has 128 valence electrons. The van der Waals surface area contributed by atoms with Crippen LogP contribution in [0.4, 0.5) is 8.78 Å². The van der Waals surface area contributed by atoms with Gasteiger partial charge < -0.3 is 10.0 Å². The van der Waals surface area contributed by atoms with Crippen LogP contribution in [-0.2, 0) is 17.8 Å². The van der Waals surface area contributed by atoms with E-state index in [1.54, 1.807) is 4.90 Å². The van der Waals surface area contributed by atoms with Crippen LogP contribution in [0.5, 0.6) is 0 Å². The Morgan fingerprint density at radius 1 is 1.25 bits per heavy atom. The van der Waals surface area contributed by atoms with Crippen molar-refractivity contribution < 1.29 is 18.7 Å². The Kier molecular flexibility index (Phi) is 4.89. The topological polar surface area (TPSA) is 58.4 Å². The molecular weight excluding hydrogens is 316 g/mol. The molecule has 1 aromatic heterocycles. The molecule has 1 saturated heterocycles. The first-order valence-electron chi connectivity index (χ1n) is 7.84. The number of carbonyl (C=O) groups is 1. The number of aliphatic hydroxyl groups is 1. The molecule has 1 fully saturated rings. The maximum atomic E-state index is 12.5. The van der Waals surface area contributed by atoms with Gasteiger partial charge in [0.25, 0.3) is 6.43 Å². The molecule has 0 unspecified atom stereocenters. The number of carbonyl (C=O) groups excluding carboxylic acids is 1. The number of nitrogens with zero attached hydrogens (tertiary/aromatic N) is 3. The van der Waals surface area contributed by atoms with Crippen LogP contribution in [0.2, 0.25) is 0 Å². The smallest absolute Gasteiger partial charge is 0.282 e. The predicted molar refractivity (Wildman–Crippen MR) is 83.4 cm³/mol. The Bertz CT molecular complexity index is 690. The number of alkyl halides is 2. The van der Waals surface area contributed by atoms with Gasteiger partial charge in [-0.25, -0.2) is 8.78 Å². The van der Waals surface area contributed by atoms with Gasteiger partial charge in [-0.05, 0) is 18.1 Å². The third-order valence-corrected chi connectivity index (χ3v) is 4.28. The summed E-state index contributed by atoms with van der Waals surface area (Å²) in [6, 6.07) is 11.0. The van der Waals surface area contributed by atoms with E-state index in [1.165, 1.54) is 16.9 Å². The number of benzene rings is 1. The van der Waals surface area contributed by atoms with Crippen molar-refractivity contribution in [2.45, 2.75) is 25.5 Å². The molecule has 0 aliphatic carbocycles. The highest BCUT2D eigenvalue weighted by Crippen LogP contribution is 2.22. The molecule has 7 heteroatoms. The minimum atomic E-state index is -2.65. The lowest BCUT2D eigenvalue weighted by Crippen LogP contribution is -2.32. The van der Waals surface area contributed by atoms with E-state index >= 15 is 0 Å². The lowest BCUT2D eigenvalue weighted by molar-refractivity contribution is -0.131. The van der Waals surface area contributed by atoms with E-state index in [0.717, 1.165) is 5.56 Å². The zero-order valence-corrected chi connectivity index (χ0v) is 13.1. The Balaban J connectivity index is 1.58. The van der Waals surface area contributed by atoms with Crippen molar-refractivity contribution in [3.05, 3.63) is 53.9 Å². The third kappa shape index (κ3) is 3.79. The molecule has 2 atom stereocenters. The molecule has 24 heavy (non-hydrogen) atoms. The van der Waals surface area contributed by atoms with Crippen molar-refractivity contribution in [2.75, 3.05) is 13.1 Å². The molecule has 0 spiro atoms. The summed E-state index contributed by atoms with van der Waals surface area (Å²) >= 11 is 0. The van der Waals surface area contributed by atoms with Gasteiger partial charge >= 0.3 is 0 Å². The Hall–Kier alpha value is -2.28. The Morgan fingerprint density at radius 3 is 2.67 bits per heavy atom. The number of amides is 1. The summed E-state index contributed by atoms with van der Waals surface area (Å²) in [5, 5.41) is 13.9. The second-order valence-corrected chi connectivity index (χ2v) is 6.05. The first kappa shape index (κ1) is 16.6. The summed E-state index contributed by atoms with van der Waals surface area (Å²) in [5.41, 5.74) is 0.774. The molecule has 5 nitrogen and oxygen atoms in total. The lowest BCUT2D eigenvalue weighted by Gasteiger charge is -2.16. The number of aromatic nitrogens is 2. The molecule has 1 aromatic carbocycles. The van der Waals surface area contributed by atoms with E-state index in [-0.39, 0.29) is 30.6 Å². The van der Waals surface area contributed by atoms with Crippen LogP contribution in [0.1, 0.15) is 17.7 Å². The van der Waals surface area contributed by atoms with Gasteiger partial charge in [-0.3, -0.25) is 9.48 Å². The lowest BCUT2D eigenvalue weighted by atomic mass is 9.97. The first-order chi connectivity index (χ1) is 11.5. The number of β-amino-alcohol motifs (C(OH)–C–C–N with tert-alkyl or cyclic N) is 1. The van der Waals surface area contributed by atoms with E-state index in [9.17, 15) is 18.7 Å². The standard InChI is InChI=1S/C17H19F2N3O2/c18-17(19)14-6-7-22(20-14)11-16(24)21-9-13(15(23)10-21)8-12-4-2-1-3-5-12/h1-7,13,15,17,23H,8-11H2/t13-,15-/m1/s1. The van der Waals surface area contributed by atoms with Gasteiger partial charge in [-0.1, -0.05) is 30.3 Å².